The first-order chi connectivity index (χ1) is 9.50. The Morgan fingerprint density at radius 3 is 2.45 bits per heavy atom. The molecule has 1 unspecified atom stereocenters. The molecule has 108 valence electrons. The highest BCUT2D eigenvalue weighted by atomic mass is 32.2. The summed E-state index contributed by atoms with van der Waals surface area (Å²) < 4.78 is 0. The van der Waals surface area contributed by atoms with E-state index in [4.69, 9.17) is 5.11 Å². The lowest BCUT2D eigenvalue weighted by Crippen LogP contribution is -2.32. The molecule has 2 N–H and O–H groups in total. The third kappa shape index (κ3) is 5.88. The number of hydrogen-bond donors (Lipinski definition) is 2. The second-order valence-electron chi connectivity index (χ2n) is 4.33. The van der Waals surface area contributed by atoms with Gasteiger partial charge >= 0.3 is 5.97 Å². The zero-order chi connectivity index (χ0) is 15.0. The van der Waals surface area contributed by atoms with Crippen molar-refractivity contribution >= 4 is 29.4 Å². The summed E-state index contributed by atoms with van der Waals surface area (Å²) in [5, 5.41) is 11.2. The van der Waals surface area contributed by atoms with Gasteiger partial charge in [-0.2, -0.15) is 0 Å². The van der Waals surface area contributed by atoms with Crippen LogP contribution >= 0.6 is 11.8 Å². The minimum atomic E-state index is -0.947. The van der Waals surface area contributed by atoms with Crippen molar-refractivity contribution in [3.8, 4) is 0 Å². The van der Waals surface area contributed by atoms with Crippen LogP contribution in [0.3, 0.4) is 0 Å². The first kappa shape index (κ1) is 16.2. The zero-order valence-corrected chi connectivity index (χ0v) is 12.0. The molecule has 0 spiro atoms. The Labute approximate surface area is 121 Å². The molecule has 0 saturated heterocycles. The van der Waals surface area contributed by atoms with E-state index in [1.807, 2.05) is 6.07 Å². The first-order valence-corrected chi connectivity index (χ1v) is 7.31. The van der Waals surface area contributed by atoms with Gasteiger partial charge in [-0.15, -0.1) is 11.8 Å². The Morgan fingerprint density at radius 2 is 1.85 bits per heavy atom. The minimum absolute atomic E-state index is 0.0256. The minimum Gasteiger partial charge on any atom is -0.481 e. The van der Waals surface area contributed by atoms with Gasteiger partial charge in [-0.1, -0.05) is 37.3 Å². The van der Waals surface area contributed by atoms with Crippen LogP contribution in [0.25, 0.3) is 0 Å². The molecule has 0 radical (unpaired) electrons. The quantitative estimate of drug-likeness (QED) is 0.709. The van der Waals surface area contributed by atoms with E-state index in [1.165, 1.54) is 18.7 Å². The predicted molar refractivity (Wildman–Crippen MR) is 77.9 cm³/mol. The Bertz CT molecular complexity index is 475. The number of thioether (sulfide) groups is 1. The number of ketones is 1. The van der Waals surface area contributed by atoms with Crippen LogP contribution in [-0.2, 0) is 9.59 Å². The van der Waals surface area contributed by atoms with Crippen molar-refractivity contribution in [2.24, 2.45) is 5.92 Å². The number of carbonyl (C=O) groups excluding carboxylic acids is 2. The molecule has 0 aliphatic rings. The fraction of sp³-hybridized carbons (Fsp3) is 0.357. The normalized spacial score (nSPS) is 11.7. The van der Waals surface area contributed by atoms with Crippen molar-refractivity contribution in [3.63, 3.8) is 0 Å². The van der Waals surface area contributed by atoms with Crippen LogP contribution in [0, 0.1) is 5.92 Å². The summed E-state index contributed by atoms with van der Waals surface area (Å²) >= 11 is 1.22. The molecule has 1 atom stereocenters. The van der Waals surface area contributed by atoms with Gasteiger partial charge in [0.25, 0.3) is 0 Å². The number of benzene rings is 1. The zero-order valence-electron chi connectivity index (χ0n) is 11.2. The number of nitrogens with one attached hydrogen (secondary N) is 1. The van der Waals surface area contributed by atoms with Gasteiger partial charge in [0.15, 0.2) is 5.78 Å². The van der Waals surface area contributed by atoms with Gasteiger partial charge in [0.2, 0.25) is 5.91 Å². The molecule has 5 nitrogen and oxygen atoms in total. The number of rotatable bonds is 8. The number of aliphatic carboxylic acids is 1. The Morgan fingerprint density at radius 1 is 1.20 bits per heavy atom. The molecule has 20 heavy (non-hydrogen) atoms. The monoisotopic (exact) mass is 295 g/mol. The van der Waals surface area contributed by atoms with E-state index in [0.717, 1.165) is 0 Å². The fourth-order valence-electron chi connectivity index (χ4n) is 1.35. The molecular formula is C14H17NO4S. The van der Waals surface area contributed by atoms with Gasteiger partial charge < -0.3 is 10.4 Å². The van der Waals surface area contributed by atoms with E-state index in [2.05, 4.69) is 5.32 Å². The van der Waals surface area contributed by atoms with Crippen molar-refractivity contribution < 1.29 is 19.5 Å². The van der Waals surface area contributed by atoms with E-state index >= 15 is 0 Å². The molecule has 0 aliphatic heterocycles. The fourth-order valence-corrected chi connectivity index (χ4v) is 2.09. The number of carboxylic acids is 1. The van der Waals surface area contributed by atoms with Crippen LogP contribution in [-0.4, -0.2) is 40.8 Å². The highest BCUT2D eigenvalue weighted by molar-refractivity contribution is 8.00. The second kappa shape index (κ2) is 8.37. The van der Waals surface area contributed by atoms with Crippen LogP contribution < -0.4 is 5.32 Å². The summed E-state index contributed by atoms with van der Waals surface area (Å²) in [5.41, 5.74) is 0.625. The lowest BCUT2D eigenvalue weighted by atomic mass is 10.2. The highest BCUT2D eigenvalue weighted by Crippen LogP contribution is 2.07. The molecular weight excluding hydrogens is 278 g/mol. The summed E-state index contributed by atoms with van der Waals surface area (Å²) in [6.07, 6.45) is 0. The molecule has 6 heteroatoms. The molecule has 1 aromatic carbocycles. The van der Waals surface area contributed by atoms with Crippen LogP contribution in [0.5, 0.6) is 0 Å². The third-order valence-electron chi connectivity index (χ3n) is 2.59. The average molecular weight is 295 g/mol. The molecule has 0 fully saturated rings. The van der Waals surface area contributed by atoms with E-state index in [-0.39, 0.29) is 29.7 Å². The number of amides is 1. The van der Waals surface area contributed by atoms with Crippen molar-refractivity contribution in [1.82, 2.24) is 5.32 Å². The van der Waals surface area contributed by atoms with E-state index in [9.17, 15) is 14.4 Å². The number of hydrogen-bond acceptors (Lipinski definition) is 4. The topological polar surface area (TPSA) is 83.5 Å². The van der Waals surface area contributed by atoms with E-state index in [0.29, 0.717) is 5.56 Å². The summed E-state index contributed by atoms with van der Waals surface area (Å²) in [4.78, 5) is 33.8. The average Bonchev–Trinajstić information content (AvgIpc) is 2.45. The van der Waals surface area contributed by atoms with Crippen LogP contribution in [0.1, 0.15) is 17.3 Å². The van der Waals surface area contributed by atoms with Gasteiger partial charge in [-0.25, -0.2) is 0 Å². The van der Waals surface area contributed by atoms with Gasteiger partial charge in [-0.3, -0.25) is 14.4 Å². The standard InChI is InChI=1S/C14H17NO4S/c1-10(14(18)19)7-15-13(17)9-20-8-12(16)11-5-3-2-4-6-11/h2-6,10H,7-9H2,1H3,(H,15,17)(H,18,19). The van der Waals surface area contributed by atoms with Crippen molar-refractivity contribution in [2.45, 2.75) is 6.92 Å². The SMILES string of the molecule is CC(CNC(=O)CSCC(=O)c1ccccc1)C(=O)O. The molecule has 1 rings (SSSR count). The van der Waals surface area contributed by atoms with E-state index < -0.39 is 11.9 Å². The Kier molecular flexibility index (Phi) is 6.79. The maximum atomic E-state index is 11.8. The predicted octanol–water partition coefficient (Wildman–Crippen LogP) is 1.44. The Hall–Kier alpha value is -1.82. The highest BCUT2D eigenvalue weighted by Gasteiger charge is 2.12. The van der Waals surface area contributed by atoms with Gasteiger partial charge in [0.1, 0.15) is 0 Å². The first-order valence-electron chi connectivity index (χ1n) is 6.16. The molecule has 0 aromatic heterocycles. The van der Waals surface area contributed by atoms with Crippen LogP contribution in [0.15, 0.2) is 30.3 Å². The summed E-state index contributed by atoms with van der Waals surface area (Å²) in [5.74, 6) is -1.48. The molecule has 0 saturated carbocycles. The van der Waals surface area contributed by atoms with Gasteiger partial charge in [0.05, 0.1) is 17.4 Å². The van der Waals surface area contributed by atoms with Crippen molar-refractivity contribution in [1.29, 1.82) is 0 Å². The van der Waals surface area contributed by atoms with Crippen molar-refractivity contribution in [3.05, 3.63) is 35.9 Å². The third-order valence-corrected chi connectivity index (χ3v) is 3.52. The molecule has 1 aromatic rings. The van der Waals surface area contributed by atoms with Gasteiger partial charge in [0, 0.05) is 12.1 Å². The summed E-state index contributed by atoms with van der Waals surface area (Å²) in [6.45, 7) is 1.62. The lowest BCUT2D eigenvalue weighted by Gasteiger charge is -2.08. The lowest BCUT2D eigenvalue weighted by molar-refractivity contribution is -0.141. The number of Topliss-reactive ketones (excluding diaryl/α,β-unsaturated/α-hetero) is 1. The smallest absolute Gasteiger partial charge is 0.308 e. The van der Waals surface area contributed by atoms with E-state index in [1.54, 1.807) is 24.3 Å². The molecule has 1 amide bonds. The molecule has 0 heterocycles. The maximum absolute atomic E-state index is 11.8. The number of carbonyl (C=O) groups is 3. The summed E-state index contributed by atoms with van der Waals surface area (Å²) in [6, 6.07) is 8.88. The largest absolute Gasteiger partial charge is 0.481 e. The Balaban J connectivity index is 2.22. The molecule has 0 bridgehead atoms. The maximum Gasteiger partial charge on any atom is 0.308 e. The number of carboxylic acid groups (broad SMARTS) is 1. The van der Waals surface area contributed by atoms with Crippen molar-refractivity contribution in [2.75, 3.05) is 18.1 Å². The molecule has 0 aliphatic carbocycles. The summed E-state index contributed by atoms with van der Waals surface area (Å²) in [7, 11) is 0. The second-order valence-corrected chi connectivity index (χ2v) is 5.31. The van der Waals surface area contributed by atoms with Crippen LogP contribution in [0.4, 0.5) is 0 Å². The van der Waals surface area contributed by atoms with Crippen LogP contribution in [0.2, 0.25) is 0 Å². The van der Waals surface area contributed by atoms with Gasteiger partial charge in [-0.05, 0) is 0 Å².